The Labute approximate surface area is 152 Å². The van der Waals surface area contributed by atoms with E-state index in [1.807, 2.05) is 44.2 Å². The molecule has 6 nitrogen and oxygen atoms in total. The van der Waals surface area contributed by atoms with Crippen LogP contribution in [0.25, 0.3) is 0 Å². The van der Waals surface area contributed by atoms with E-state index < -0.39 is 5.54 Å². The van der Waals surface area contributed by atoms with E-state index in [1.54, 1.807) is 0 Å². The van der Waals surface area contributed by atoms with E-state index >= 15 is 0 Å². The van der Waals surface area contributed by atoms with Crippen LogP contribution in [0.1, 0.15) is 29.7 Å². The van der Waals surface area contributed by atoms with Crippen molar-refractivity contribution in [1.29, 1.82) is 5.26 Å². The molecule has 26 heavy (non-hydrogen) atoms. The highest BCUT2D eigenvalue weighted by atomic mass is 16.2. The third-order valence-corrected chi connectivity index (χ3v) is 5.34. The first-order valence-corrected chi connectivity index (χ1v) is 8.84. The summed E-state index contributed by atoms with van der Waals surface area (Å²) in [6.07, 6.45) is 1.32. The van der Waals surface area contributed by atoms with Crippen LogP contribution < -0.4 is 15.5 Å². The fourth-order valence-corrected chi connectivity index (χ4v) is 3.89. The number of aryl methyl sites for hydroxylation is 2. The lowest BCUT2D eigenvalue weighted by atomic mass is 9.84. The molecule has 2 N–H and O–H groups in total. The van der Waals surface area contributed by atoms with Crippen LogP contribution in [-0.2, 0) is 4.79 Å². The Morgan fingerprint density at radius 2 is 1.88 bits per heavy atom. The summed E-state index contributed by atoms with van der Waals surface area (Å²) in [6.45, 7) is 5.23. The average Bonchev–Trinajstić information content (AvgIpc) is 2.63. The molecule has 1 amide bonds. The van der Waals surface area contributed by atoms with Crippen molar-refractivity contribution in [3.8, 4) is 6.07 Å². The predicted octanol–water partition coefficient (Wildman–Crippen LogP) is 2.97. The Balaban J connectivity index is 1.59. The molecule has 1 saturated heterocycles. The summed E-state index contributed by atoms with van der Waals surface area (Å²) in [4.78, 5) is 19.5. The molecule has 6 heteroatoms. The van der Waals surface area contributed by atoms with Gasteiger partial charge in [-0.15, -0.1) is 0 Å². The number of piperidine rings is 1. The molecule has 2 aliphatic rings. The van der Waals surface area contributed by atoms with E-state index in [4.69, 9.17) is 0 Å². The number of para-hydroxylation sites is 2. The monoisotopic (exact) mass is 347 g/mol. The fourth-order valence-electron chi connectivity index (χ4n) is 3.89. The van der Waals surface area contributed by atoms with Crippen molar-refractivity contribution in [3.05, 3.63) is 47.2 Å². The topological polar surface area (TPSA) is 81.0 Å². The first kappa shape index (κ1) is 16.4. The summed E-state index contributed by atoms with van der Waals surface area (Å²) in [5.41, 5.74) is 3.65. The Kier molecular flexibility index (Phi) is 3.80. The number of carbonyl (C=O) groups excluding carboxylic acids is 1. The molecule has 0 bridgehead atoms. The van der Waals surface area contributed by atoms with E-state index in [0.717, 1.165) is 28.5 Å². The number of benzene rings is 1. The minimum absolute atomic E-state index is 0.0183. The number of fused-ring (bicyclic) bond motifs is 1. The third-order valence-electron chi connectivity index (χ3n) is 5.34. The van der Waals surface area contributed by atoms with Gasteiger partial charge in [0.05, 0.1) is 16.9 Å². The Bertz CT molecular complexity index is 922. The van der Waals surface area contributed by atoms with Crippen LogP contribution in [0.3, 0.4) is 0 Å². The number of rotatable bonds is 1. The van der Waals surface area contributed by atoms with Crippen molar-refractivity contribution in [2.75, 3.05) is 28.6 Å². The van der Waals surface area contributed by atoms with Crippen molar-refractivity contribution in [3.63, 3.8) is 0 Å². The number of nitrogens with one attached hydrogen (secondary N) is 2. The number of aromatic nitrogens is 1. The standard InChI is InChI=1S/C20H21N5O/c1-13-11-14(2)22-18(15(13)12-21)25-9-7-20(8-10-25)19(26)23-16-5-3-4-6-17(16)24-20/h3-6,11,24H,7-10H2,1-2H3,(H,23,26). The molecule has 0 radical (unpaired) electrons. The number of nitrogens with zero attached hydrogens (tertiary/aromatic N) is 3. The van der Waals surface area contributed by atoms with E-state index in [0.29, 0.717) is 31.5 Å². The van der Waals surface area contributed by atoms with Gasteiger partial charge in [0.1, 0.15) is 17.4 Å². The molecule has 1 spiro atoms. The van der Waals surface area contributed by atoms with Crippen LogP contribution >= 0.6 is 0 Å². The highest BCUT2D eigenvalue weighted by Gasteiger charge is 2.44. The molecule has 0 aliphatic carbocycles. The van der Waals surface area contributed by atoms with Gasteiger partial charge in [-0.2, -0.15) is 5.26 Å². The quantitative estimate of drug-likeness (QED) is 0.829. The second kappa shape index (κ2) is 6.03. The lowest BCUT2D eigenvalue weighted by Crippen LogP contribution is -2.58. The third kappa shape index (κ3) is 2.57. The van der Waals surface area contributed by atoms with Crippen molar-refractivity contribution >= 4 is 23.1 Å². The average molecular weight is 347 g/mol. The maximum Gasteiger partial charge on any atom is 0.250 e. The largest absolute Gasteiger partial charge is 0.369 e. The predicted molar refractivity (Wildman–Crippen MR) is 101 cm³/mol. The number of nitriles is 1. The molecule has 132 valence electrons. The molecule has 1 fully saturated rings. The summed E-state index contributed by atoms with van der Waals surface area (Å²) < 4.78 is 0. The molecule has 2 aromatic rings. The highest BCUT2D eigenvalue weighted by molar-refractivity contribution is 6.06. The van der Waals surface area contributed by atoms with Gasteiger partial charge in [-0.25, -0.2) is 4.98 Å². The van der Waals surface area contributed by atoms with Crippen molar-refractivity contribution in [2.45, 2.75) is 32.2 Å². The maximum atomic E-state index is 12.7. The van der Waals surface area contributed by atoms with Gasteiger partial charge < -0.3 is 15.5 Å². The normalized spacial score (nSPS) is 17.9. The number of anilines is 3. The second-order valence-corrected chi connectivity index (χ2v) is 7.08. The Hall–Kier alpha value is -3.07. The number of hydrogen-bond acceptors (Lipinski definition) is 5. The number of amides is 1. The van der Waals surface area contributed by atoms with Crippen LogP contribution in [0.5, 0.6) is 0 Å². The molecule has 0 unspecified atom stereocenters. The van der Waals surface area contributed by atoms with Gasteiger partial charge in [0.2, 0.25) is 5.91 Å². The maximum absolute atomic E-state index is 12.7. The summed E-state index contributed by atoms with van der Waals surface area (Å²) >= 11 is 0. The number of pyridine rings is 1. The molecule has 2 aliphatic heterocycles. The molecule has 3 heterocycles. The summed E-state index contributed by atoms with van der Waals surface area (Å²) in [5, 5.41) is 16.0. The van der Waals surface area contributed by atoms with Gasteiger partial charge in [0, 0.05) is 18.8 Å². The highest BCUT2D eigenvalue weighted by Crippen LogP contribution is 2.37. The number of carbonyl (C=O) groups is 1. The van der Waals surface area contributed by atoms with Crippen molar-refractivity contribution in [2.24, 2.45) is 0 Å². The van der Waals surface area contributed by atoms with Crippen LogP contribution in [0.4, 0.5) is 17.2 Å². The Morgan fingerprint density at radius 1 is 1.19 bits per heavy atom. The van der Waals surface area contributed by atoms with Crippen LogP contribution in [0.15, 0.2) is 30.3 Å². The molecule has 1 aromatic carbocycles. The van der Waals surface area contributed by atoms with E-state index in [2.05, 4.69) is 26.6 Å². The summed E-state index contributed by atoms with van der Waals surface area (Å²) in [5.74, 6) is 0.751. The molecular formula is C20H21N5O. The van der Waals surface area contributed by atoms with E-state index in [-0.39, 0.29) is 5.91 Å². The minimum Gasteiger partial charge on any atom is -0.369 e. The fraction of sp³-hybridized carbons (Fsp3) is 0.350. The molecular weight excluding hydrogens is 326 g/mol. The van der Waals surface area contributed by atoms with E-state index in [1.165, 1.54) is 0 Å². The second-order valence-electron chi connectivity index (χ2n) is 7.08. The smallest absolute Gasteiger partial charge is 0.250 e. The molecule has 0 saturated carbocycles. The first-order chi connectivity index (χ1) is 12.5. The van der Waals surface area contributed by atoms with E-state index in [9.17, 15) is 10.1 Å². The van der Waals surface area contributed by atoms with Gasteiger partial charge >= 0.3 is 0 Å². The summed E-state index contributed by atoms with van der Waals surface area (Å²) in [7, 11) is 0. The lowest BCUT2D eigenvalue weighted by Gasteiger charge is -2.44. The SMILES string of the molecule is Cc1cc(C)c(C#N)c(N2CCC3(CC2)Nc2ccccc2NC3=O)n1. The van der Waals surface area contributed by atoms with Gasteiger partial charge in [0.25, 0.3) is 0 Å². The number of hydrogen-bond donors (Lipinski definition) is 2. The van der Waals surface area contributed by atoms with Crippen LogP contribution in [-0.4, -0.2) is 29.5 Å². The minimum atomic E-state index is -0.601. The van der Waals surface area contributed by atoms with Crippen LogP contribution in [0.2, 0.25) is 0 Å². The van der Waals surface area contributed by atoms with Crippen molar-refractivity contribution < 1.29 is 4.79 Å². The zero-order chi connectivity index (χ0) is 18.3. The Morgan fingerprint density at radius 3 is 2.58 bits per heavy atom. The molecule has 0 atom stereocenters. The van der Waals surface area contributed by atoms with Gasteiger partial charge in [-0.1, -0.05) is 12.1 Å². The van der Waals surface area contributed by atoms with Gasteiger partial charge in [-0.3, -0.25) is 4.79 Å². The molecule has 4 rings (SSSR count). The molecule has 1 aromatic heterocycles. The summed E-state index contributed by atoms with van der Waals surface area (Å²) in [6, 6.07) is 12.0. The first-order valence-electron chi connectivity index (χ1n) is 8.84. The van der Waals surface area contributed by atoms with Gasteiger partial charge in [-0.05, 0) is 50.5 Å². The van der Waals surface area contributed by atoms with Crippen LogP contribution in [0, 0.1) is 25.2 Å². The lowest BCUT2D eigenvalue weighted by molar-refractivity contribution is -0.121. The van der Waals surface area contributed by atoms with Crippen molar-refractivity contribution in [1.82, 2.24) is 4.98 Å². The zero-order valence-electron chi connectivity index (χ0n) is 15.0. The van der Waals surface area contributed by atoms with Gasteiger partial charge in [0.15, 0.2) is 0 Å². The zero-order valence-corrected chi connectivity index (χ0v) is 15.0.